The molecule has 0 heterocycles. The zero-order valence-corrected chi connectivity index (χ0v) is 12.4. The van der Waals surface area contributed by atoms with Gasteiger partial charge in [0.2, 0.25) is 0 Å². The highest BCUT2D eigenvalue weighted by Gasteiger charge is 2.12. The number of carbonyl (C=O) groups excluding carboxylic acids is 1. The van der Waals surface area contributed by atoms with Gasteiger partial charge in [-0.3, -0.25) is 4.79 Å². The lowest BCUT2D eigenvalue weighted by Crippen LogP contribution is -2.10. The molecule has 1 aromatic rings. The lowest BCUT2D eigenvalue weighted by molar-refractivity contribution is 0.0795. The summed E-state index contributed by atoms with van der Waals surface area (Å²) in [7, 11) is 3.14. The van der Waals surface area contributed by atoms with Crippen LogP contribution in [-0.4, -0.2) is 46.9 Å². The number of aldehydes is 1. The monoisotopic (exact) mass is 302 g/mol. The summed E-state index contributed by atoms with van der Waals surface area (Å²) in [5.41, 5.74) is 0.355. The second-order valence-corrected chi connectivity index (χ2v) is 4.39. The Hall–Kier alpha value is -1.30. The fourth-order valence-corrected chi connectivity index (χ4v) is 1.81. The summed E-state index contributed by atoms with van der Waals surface area (Å²) >= 11 is 5.88. The van der Waals surface area contributed by atoms with Gasteiger partial charge in [0.1, 0.15) is 6.61 Å². The van der Waals surface area contributed by atoms with Crippen molar-refractivity contribution in [2.24, 2.45) is 0 Å². The molecule has 0 aliphatic carbocycles. The first kappa shape index (κ1) is 16.8. The van der Waals surface area contributed by atoms with Crippen LogP contribution in [0.4, 0.5) is 0 Å². The van der Waals surface area contributed by atoms with E-state index in [0.29, 0.717) is 54.8 Å². The van der Waals surface area contributed by atoms with Crippen LogP contribution in [-0.2, 0) is 9.47 Å². The van der Waals surface area contributed by atoms with Crippen LogP contribution in [0, 0.1) is 0 Å². The van der Waals surface area contributed by atoms with Gasteiger partial charge in [-0.25, -0.2) is 0 Å². The van der Waals surface area contributed by atoms with E-state index in [4.69, 9.17) is 30.5 Å². The number of carbonyl (C=O) groups is 1. The third-order valence-corrected chi connectivity index (χ3v) is 2.72. The number of methoxy groups -OCH3 is 2. The van der Waals surface area contributed by atoms with Crippen LogP contribution in [0.1, 0.15) is 16.8 Å². The molecule has 1 rings (SSSR count). The summed E-state index contributed by atoms with van der Waals surface area (Å²) in [4.78, 5) is 11.0. The van der Waals surface area contributed by atoms with Crippen molar-refractivity contribution in [1.29, 1.82) is 0 Å². The normalized spacial score (nSPS) is 10.3. The van der Waals surface area contributed by atoms with Crippen molar-refractivity contribution in [2.75, 3.05) is 40.6 Å². The predicted molar refractivity (Wildman–Crippen MR) is 76.2 cm³/mol. The van der Waals surface area contributed by atoms with E-state index in [2.05, 4.69) is 0 Å². The van der Waals surface area contributed by atoms with Gasteiger partial charge in [0.15, 0.2) is 17.8 Å². The first-order valence-electron chi connectivity index (χ1n) is 6.25. The molecule has 0 aliphatic rings. The molecule has 0 unspecified atom stereocenters. The Labute approximate surface area is 123 Å². The number of ether oxygens (including phenoxy) is 4. The van der Waals surface area contributed by atoms with Gasteiger partial charge < -0.3 is 18.9 Å². The SMILES string of the molecule is COCCCOCCOc1c(C=O)cc(Cl)cc1OC. The van der Waals surface area contributed by atoms with Crippen molar-refractivity contribution >= 4 is 17.9 Å². The molecule has 20 heavy (non-hydrogen) atoms. The lowest BCUT2D eigenvalue weighted by atomic mass is 10.2. The third-order valence-electron chi connectivity index (χ3n) is 2.51. The molecule has 0 bridgehead atoms. The van der Waals surface area contributed by atoms with Gasteiger partial charge in [0.05, 0.1) is 19.3 Å². The van der Waals surface area contributed by atoms with Crippen LogP contribution in [0.15, 0.2) is 12.1 Å². The standard InChI is InChI=1S/C14H19ClO5/c1-17-4-3-5-19-6-7-20-14-11(10-16)8-12(15)9-13(14)18-2/h8-10H,3-7H2,1-2H3. The molecule has 0 N–H and O–H groups in total. The second kappa shape index (κ2) is 9.58. The minimum atomic E-state index is 0.325. The molecule has 1 aromatic carbocycles. The number of hydrogen-bond acceptors (Lipinski definition) is 5. The molecule has 0 saturated heterocycles. The topological polar surface area (TPSA) is 54.0 Å². The van der Waals surface area contributed by atoms with Gasteiger partial charge in [-0.2, -0.15) is 0 Å². The highest BCUT2D eigenvalue weighted by Crippen LogP contribution is 2.33. The van der Waals surface area contributed by atoms with Crippen LogP contribution in [0.5, 0.6) is 11.5 Å². The number of benzene rings is 1. The Morgan fingerprint density at radius 3 is 2.60 bits per heavy atom. The van der Waals surface area contributed by atoms with E-state index in [1.54, 1.807) is 13.2 Å². The first-order valence-corrected chi connectivity index (χ1v) is 6.63. The number of rotatable bonds is 10. The Bertz CT molecular complexity index is 422. The van der Waals surface area contributed by atoms with Gasteiger partial charge in [-0.15, -0.1) is 0 Å². The molecule has 6 heteroatoms. The van der Waals surface area contributed by atoms with E-state index in [1.807, 2.05) is 0 Å². The molecule has 0 aliphatic heterocycles. The molecule has 0 spiro atoms. The second-order valence-electron chi connectivity index (χ2n) is 3.95. The number of hydrogen-bond donors (Lipinski definition) is 0. The molecule has 0 radical (unpaired) electrons. The minimum Gasteiger partial charge on any atom is -0.493 e. The molecule has 0 aromatic heterocycles. The van der Waals surface area contributed by atoms with Gasteiger partial charge in [-0.1, -0.05) is 11.6 Å². The Balaban J connectivity index is 2.48. The van der Waals surface area contributed by atoms with Crippen LogP contribution < -0.4 is 9.47 Å². The maximum absolute atomic E-state index is 11.0. The van der Waals surface area contributed by atoms with Gasteiger partial charge in [0.25, 0.3) is 0 Å². The Morgan fingerprint density at radius 2 is 1.95 bits per heavy atom. The van der Waals surface area contributed by atoms with E-state index in [9.17, 15) is 4.79 Å². The Morgan fingerprint density at radius 1 is 1.15 bits per heavy atom. The molecular weight excluding hydrogens is 284 g/mol. The fourth-order valence-electron chi connectivity index (χ4n) is 1.59. The molecular formula is C14H19ClO5. The highest BCUT2D eigenvalue weighted by molar-refractivity contribution is 6.31. The third kappa shape index (κ3) is 5.36. The van der Waals surface area contributed by atoms with Crippen LogP contribution in [0.3, 0.4) is 0 Å². The summed E-state index contributed by atoms with van der Waals surface area (Å²) in [6.45, 7) is 2.02. The van der Waals surface area contributed by atoms with Crippen molar-refractivity contribution in [2.45, 2.75) is 6.42 Å². The predicted octanol–water partition coefficient (Wildman–Crippen LogP) is 2.59. The summed E-state index contributed by atoms with van der Waals surface area (Å²) in [5.74, 6) is 0.811. The van der Waals surface area contributed by atoms with Gasteiger partial charge in [-0.05, 0) is 12.5 Å². The average Bonchev–Trinajstić information content (AvgIpc) is 2.46. The fraction of sp³-hybridized carbons (Fsp3) is 0.500. The quantitative estimate of drug-likeness (QED) is 0.491. The van der Waals surface area contributed by atoms with E-state index >= 15 is 0 Å². The Kier molecular flexibility index (Phi) is 8.02. The van der Waals surface area contributed by atoms with Crippen molar-refractivity contribution in [1.82, 2.24) is 0 Å². The molecule has 112 valence electrons. The van der Waals surface area contributed by atoms with Gasteiger partial charge in [0, 0.05) is 31.4 Å². The molecule has 0 fully saturated rings. The summed E-state index contributed by atoms with van der Waals surface area (Å²) in [6, 6.07) is 3.13. The van der Waals surface area contributed by atoms with Gasteiger partial charge >= 0.3 is 0 Å². The van der Waals surface area contributed by atoms with Crippen LogP contribution in [0.25, 0.3) is 0 Å². The smallest absolute Gasteiger partial charge is 0.171 e. The van der Waals surface area contributed by atoms with Crippen molar-refractivity contribution in [3.63, 3.8) is 0 Å². The lowest BCUT2D eigenvalue weighted by Gasteiger charge is -2.13. The molecule has 0 saturated carbocycles. The molecule has 5 nitrogen and oxygen atoms in total. The average molecular weight is 303 g/mol. The summed E-state index contributed by atoms with van der Waals surface area (Å²) in [5, 5.41) is 0.423. The molecule has 0 atom stereocenters. The van der Waals surface area contributed by atoms with E-state index < -0.39 is 0 Å². The van der Waals surface area contributed by atoms with Crippen LogP contribution in [0.2, 0.25) is 5.02 Å². The van der Waals surface area contributed by atoms with Crippen molar-refractivity contribution in [3.05, 3.63) is 22.7 Å². The summed E-state index contributed by atoms with van der Waals surface area (Å²) in [6.07, 6.45) is 1.52. The maximum atomic E-state index is 11.0. The zero-order chi connectivity index (χ0) is 14.8. The largest absolute Gasteiger partial charge is 0.493 e. The van der Waals surface area contributed by atoms with Crippen molar-refractivity contribution in [3.8, 4) is 11.5 Å². The number of halogens is 1. The highest BCUT2D eigenvalue weighted by atomic mass is 35.5. The minimum absolute atomic E-state index is 0.325. The van der Waals surface area contributed by atoms with Crippen LogP contribution >= 0.6 is 11.6 Å². The first-order chi connectivity index (χ1) is 9.72. The van der Waals surface area contributed by atoms with Crippen molar-refractivity contribution < 1.29 is 23.7 Å². The van der Waals surface area contributed by atoms with E-state index in [0.717, 1.165) is 6.42 Å². The molecule has 0 amide bonds. The van der Waals surface area contributed by atoms with E-state index in [1.165, 1.54) is 13.2 Å². The maximum Gasteiger partial charge on any atom is 0.171 e. The van der Waals surface area contributed by atoms with E-state index in [-0.39, 0.29) is 0 Å². The zero-order valence-electron chi connectivity index (χ0n) is 11.7. The summed E-state index contributed by atoms with van der Waals surface area (Å²) < 4.78 is 21.0.